The van der Waals surface area contributed by atoms with E-state index in [1.54, 1.807) is 31.2 Å². The number of anilines is 2. The lowest BCUT2D eigenvalue weighted by molar-refractivity contribution is 0.0579. The summed E-state index contributed by atoms with van der Waals surface area (Å²) in [5.41, 5.74) is 0.990. The lowest BCUT2D eigenvalue weighted by Gasteiger charge is -2.32. The van der Waals surface area contributed by atoms with Crippen molar-refractivity contribution in [2.75, 3.05) is 29.7 Å². The molecule has 2 aromatic heterocycles. The molecule has 50 heavy (non-hydrogen) atoms. The number of amides is 3. The number of aromatic nitrogens is 3. The Balaban J connectivity index is 1.34. The first-order valence-electron chi connectivity index (χ1n) is 15.5. The van der Waals surface area contributed by atoms with Crippen LogP contribution in [0.15, 0.2) is 66.9 Å². The van der Waals surface area contributed by atoms with Crippen LogP contribution in [-0.4, -0.2) is 71.9 Å². The highest BCUT2D eigenvalue weighted by Crippen LogP contribution is 2.29. The third-order valence-corrected chi connectivity index (χ3v) is 8.24. The number of nitrogens with zero attached hydrogens (tertiary/aromatic N) is 5. The zero-order valence-electron chi connectivity index (χ0n) is 27.2. The number of hydrogen-bond donors (Lipinski definition) is 1. The average molecular weight is 719 g/mol. The summed E-state index contributed by atoms with van der Waals surface area (Å²) in [5.74, 6) is -3.32. The molecule has 1 unspecified atom stereocenters. The van der Waals surface area contributed by atoms with Gasteiger partial charge in [-0.15, -0.1) is 4.28 Å². The monoisotopic (exact) mass is 718 g/mol. The lowest BCUT2D eigenvalue weighted by Crippen LogP contribution is -2.42. The zero-order chi connectivity index (χ0) is 36.2. The number of urea groups is 1. The fraction of sp³-hybridized carbons (Fsp3) is 0.333. The van der Waals surface area contributed by atoms with Gasteiger partial charge in [0.25, 0.3) is 16.0 Å². The van der Waals surface area contributed by atoms with Gasteiger partial charge in [-0.2, -0.15) is 18.6 Å². The van der Waals surface area contributed by atoms with Gasteiger partial charge in [0.2, 0.25) is 12.3 Å². The first kappa shape index (κ1) is 36.3. The molecule has 0 spiro atoms. The van der Waals surface area contributed by atoms with Gasteiger partial charge in [-0.05, 0) is 37.3 Å². The Morgan fingerprint density at radius 1 is 1.04 bits per heavy atom. The van der Waals surface area contributed by atoms with Crippen LogP contribution < -0.4 is 15.1 Å². The molecular formula is C33H34F4N6O6S. The highest BCUT2D eigenvalue weighted by Gasteiger charge is 2.30. The Bertz CT molecular complexity index is 1930. The summed E-state index contributed by atoms with van der Waals surface area (Å²) in [5, 5.41) is 7.49. The van der Waals surface area contributed by atoms with Crippen LogP contribution in [0.1, 0.15) is 53.7 Å². The number of halogens is 4. The maximum atomic E-state index is 14.2. The van der Waals surface area contributed by atoms with Crippen molar-refractivity contribution < 1.29 is 44.6 Å². The first-order chi connectivity index (χ1) is 23.7. The van der Waals surface area contributed by atoms with Crippen molar-refractivity contribution in [2.45, 2.75) is 51.6 Å². The molecule has 1 aliphatic heterocycles. The van der Waals surface area contributed by atoms with E-state index in [0.29, 0.717) is 10.8 Å². The van der Waals surface area contributed by atoms with Crippen LogP contribution in [0, 0.1) is 18.6 Å². The molecule has 1 N–H and O–H groups in total. The molecule has 1 fully saturated rings. The molecule has 1 aliphatic rings. The molecule has 0 radical (unpaired) electrons. The number of nitrogens with one attached hydrogen (secondary N) is 1. The Morgan fingerprint density at radius 3 is 2.32 bits per heavy atom. The molecule has 266 valence electrons. The number of aryl methyl sites for hydroxylation is 1. The highest BCUT2D eigenvalue weighted by molar-refractivity contribution is 7.86. The van der Waals surface area contributed by atoms with E-state index in [4.69, 9.17) is 9.02 Å². The number of ether oxygens (including phenoxy) is 1. The number of hydroxylamine groups is 1. The maximum absolute atomic E-state index is 14.2. The minimum absolute atomic E-state index is 0.00451. The number of hydrogen-bond acceptors (Lipinski definition) is 8. The molecule has 2 aromatic carbocycles. The zero-order valence-corrected chi connectivity index (χ0v) is 28.0. The number of benzene rings is 2. The second-order valence-corrected chi connectivity index (χ2v) is 13.3. The molecule has 3 amide bonds. The van der Waals surface area contributed by atoms with Crippen LogP contribution in [0.3, 0.4) is 0 Å². The Kier molecular flexibility index (Phi) is 11.1. The lowest BCUT2D eigenvalue weighted by atomic mass is 10.0. The molecule has 12 nitrogen and oxygen atoms in total. The van der Waals surface area contributed by atoms with E-state index in [-0.39, 0.29) is 49.0 Å². The normalized spacial score (nSPS) is 14.4. The van der Waals surface area contributed by atoms with Crippen LogP contribution in [-0.2, 0) is 14.4 Å². The third-order valence-electron chi connectivity index (χ3n) is 7.82. The predicted octanol–water partition coefficient (Wildman–Crippen LogP) is 6.23. The SMILES string of the molecule is Cc1ccc(-n2nc(C(C)CC(F)F)cc2NC(=O)N(OS(C)(=O)=O)c2ccnc(OC3CCN(C(=O)c4c(F)cccc4F)CC3)c2)cc1. The quantitative estimate of drug-likeness (QED) is 0.143. The number of likely N-dealkylation sites (tertiary alicyclic amines) is 1. The van der Waals surface area contributed by atoms with Gasteiger partial charge in [0.1, 0.15) is 29.1 Å². The number of carbonyl (C=O) groups excluding carboxylic acids is 2. The fourth-order valence-electron chi connectivity index (χ4n) is 5.29. The van der Waals surface area contributed by atoms with Gasteiger partial charge in [0, 0.05) is 56.6 Å². The second kappa shape index (κ2) is 15.2. The minimum atomic E-state index is -4.27. The van der Waals surface area contributed by atoms with Gasteiger partial charge in [0.15, 0.2) is 0 Å². The van der Waals surface area contributed by atoms with Crippen LogP contribution in [0.5, 0.6) is 5.88 Å². The van der Waals surface area contributed by atoms with E-state index in [1.165, 1.54) is 40.0 Å². The van der Waals surface area contributed by atoms with Crippen LogP contribution in [0.4, 0.5) is 33.9 Å². The summed E-state index contributed by atoms with van der Waals surface area (Å²) in [6.45, 7) is 3.71. The van der Waals surface area contributed by atoms with Crippen molar-refractivity contribution in [3.63, 3.8) is 0 Å². The van der Waals surface area contributed by atoms with Crippen LogP contribution >= 0.6 is 0 Å². The number of carbonyl (C=O) groups is 2. The molecule has 17 heteroatoms. The van der Waals surface area contributed by atoms with E-state index in [0.717, 1.165) is 24.0 Å². The molecule has 3 heterocycles. The Labute approximate surface area is 285 Å². The van der Waals surface area contributed by atoms with Gasteiger partial charge in [-0.25, -0.2) is 32.0 Å². The largest absolute Gasteiger partial charge is 0.474 e. The molecule has 1 atom stereocenters. The van der Waals surface area contributed by atoms with Crippen molar-refractivity contribution in [1.29, 1.82) is 0 Å². The minimum Gasteiger partial charge on any atom is -0.474 e. The summed E-state index contributed by atoms with van der Waals surface area (Å²) >= 11 is 0. The number of pyridine rings is 1. The maximum Gasteiger partial charge on any atom is 0.352 e. The average Bonchev–Trinajstić information content (AvgIpc) is 3.47. The van der Waals surface area contributed by atoms with Crippen molar-refractivity contribution in [1.82, 2.24) is 19.7 Å². The first-order valence-corrected chi connectivity index (χ1v) is 17.3. The van der Waals surface area contributed by atoms with E-state index in [1.807, 2.05) is 6.92 Å². The molecule has 0 bridgehead atoms. The standard InChI is InChI=1S/C33H34F4N6O6S/c1-20-7-9-22(10-8-20)42-29(19-27(40-42)21(2)17-28(36)37)39-33(45)43(49-50(3,46)47)23-11-14-38-30(18-23)48-24-12-15-41(16-13-24)32(44)31-25(34)5-4-6-26(31)35/h4-11,14,18-19,21,24,28H,12-13,15-17H2,1-3H3,(H,39,45). The summed E-state index contributed by atoms with van der Waals surface area (Å²) in [4.78, 5) is 31.9. The summed E-state index contributed by atoms with van der Waals surface area (Å²) in [6.07, 6.45) is -0.970. The van der Waals surface area contributed by atoms with Crippen molar-refractivity contribution in [3.05, 3.63) is 95.3 Å². The molecule has 5 rings (SSSR count). The molecular weight excluding hydrogens is 684 g/mol. The molecule has 0 saturated carbocycles. The number of alkyl halides is 2. The summed E-state index contributed by atoms with van der Waals surface area (Å²) < 4.78 is 91.6. The van der Waals surface area contributed by atoms with Crippen LogP contribution in [0.25, 0.3) is 5.69 Å². The number of rotatable bonds is 11. The Morgan fingerprint density at radius 2 is 1.70 bits per heavy atom. The van der Waals surface area contributed by atoms with Crippen molar-refractivity contribution >= 4 is 33.6 Å². The Hall–Kier alpha value is -5.03. The summed E-state index contributed by atoms with van der Waals surface area (Å²) in [6, 6.07) is 13.1. The highest BCUT2D eigenvalue weighted by atomic mass is 32.2. The van der Waals surface area contributed by atoms with Gasteiger partial charge >= 0.3 is 6.03 Å². The van der Waals surface area contributed by atoms with E-state index in [2.05, 4.69) is 15.4 Å². The third kappa shape index (κ3) is 8.95. The van der Waals surface area contributed by atoms with Gasteiger partial charge in [-0.3, -0.25) is 10.1 Å². The topological polar surface area (TPSA) is 136 Å². The number of piperidine rings is 1. The van der Waals surface area contributed by atoms with Crippen LogP contribution in [0.2, 0.25) is 0 Å². The fourth-order valence-corrected chi connectivity index (χ4v) is 5.71. The molecule has 1 saturated heterocycles. The van der Waals surface area contributed by atoms with Crippen molar-refractivity contribution in [3.8, 4) is 11.6 Å². The summed E-state index contributed by atoms with van der Waals surface area (Å²) in [7, 11) is -4.27. The van der Waals surface area contributed by atoms with Gasteiger partial charge < -0.3 is 9.64 Å². The smallest absolute Gasteiger partial charge is 0.352 e. The van der Waals surface area contributed by atoms with Gasteiger partial charge in [-0.1, -0.05) is 30.7 Å². The molecule has 0 aliphatic carbocycles. The van der Waals surface area contributed by atoms with Gasteiger partial charge in [0.05, 0.1) is 23.3 Å². The van der Waals surface area contributed by atoms with E-state index >= 15 is 0 Å². The van der Waals surface area contributed by atoms with E-state index in [9.17, 15) is 35.6 Å². The second-order valence-electron chi connectivity index (χ2n) is 11.8. The van der Waals surface area contributed by atoms with E-state index < -0.39 is 64.1 Å². The molecule has 4 aromatic rings. The predicted molar refractivity (Wildman–Crippen MR) is 175 cm³/mol. The van der Waals surface area contributed by atoms with Crippen molar-refractivity contribution in [2.24, 2.45) is 0 Å².